The summed E-state index contributed by atoms with van der Waals surface area (Å²) in [7, 11) is 0. The highest BCUT2D eigenvalue weighted by Gasteiger charge is 2.21. The van der Waals surface area contributed by atoms with Gasteiger partial charge in [-0.1, -0.05) is 55.3 Å². The van der Waals surface area contributed by atoms with E-state index in [-0.39, 0.29) is 10.7 Å². The molecule has 1 aromatic carbocycles. The molecule has 1 aromatic heterocycles. The van der Waals surface area contributed by atoms with Gasteiger partial charge in [-0.15, -0.1) is 0 Å². The van der Waals surface area contributed by atoms with E-state index in [1.165, 1.54) is 44.1 Å². The van der Waals surface area contributed by atoms with Crippen LogP contribution in [0.1, 0.15) is 68.1 Å². The van der Waals surface area contributed by atoms with Crippen molar-refractivity contribution in [3.63, 3.8) is 0 Å². The Labute approximate surface area is 158 Å². The van der Waals surface area contributed by atoms with E-state index in [0.717, 1.165) is 17.5 Å². The zero-order valence-corrected chi connectivity index (χ0v) is 15.6. The fourth-order valence-electron chi connectivity index (χ4n) is 3.70. The number of hydrogen-bond donors (Lipinski definition) is 0. The van der Waals surface area contributed by atoms with Crippen molar-refractivity contribution in [3.8, 4) is 11.8 Å². The van der Waals surface area contributed by atoms with Crippen LogP contribution in [0.15, 0.2) is 30.3 Å². The van der Waals surface area contributed by atoms with Crippen LogP contribution in [0, 0.1) is 29.5 Å². The van der Waals surface area contributed by atoms with Crippen molar-refractivity contribution in [1.82, 2.24) is 4.98 Å². The van der Waals surface area contributed by atoms with Crippen LogP contribution in [-0.4, -0.2) is 4.98 Å². The molecule has 1 aliphatic carbocycles. The van der Waals surface area contributed by atoms with Gasteiger partial charge in [0.2, 0.25) is 5.95 Å². The number of pyridine rings is 1. The molecule has 26 heavy (non-hydrogen) atoms. The molecule has 1 fully saturated rings. The van der Waals surface area contributed by atoms with Gasteiger partial charge in [-0.2, -0.15) is 4.39 Å². The van der Waals surface area contributed by atoms with Crippen LogP contribution in [0.4, 0.5) is 8.78 Å². The van der Waals surface area contributed by atoms with Crippen LogP contribution in [0.25, 0.3) is 0 Å². The smallest absolute Gasteiger partial charge is 0.204 e. The number of rotatable bonds is 3. The summed E-state index contributed by atoms with van der Waals surface area (Å²) < 4.78 is 26.2. The first-order valence-electron chi connectivity index (χ1n) is 9.20. The summed E-state index contributed by atoms with van der Waals surface area (Å²) >= 11 is 5.81. The average Bonchev–Trinajstić information content (AvgIpc) is 2.65. The molecule has 4 heteroatoms. The number of halogens is 3. The Morgan fingerprint density at radius 2 is 1.77 bits per heavy atom. The molecule has 0 saturated heterocycles. The minimum Gasteiger partial charge on any atom is -0.204 e. The zero-order chi connectivity index (χ0) is 18.5. The van der Waals surface area contributed by atoms with Gasteiger partial charge in [0.15, 0.2) is 5.82 Å². The van der Waals surface area contributed by atoms with Gasteiger partial charge in [0.25, 0.3) is 0 Å². The van der Waals surface area contributed by atoms with E-state index in [0.29, 0.717) is 5.92 Å². The molecule has 0 aliphatic heterocycles. The van der Waals surface area contributed by atoms with Crippen LogP contribution >= 0.6 is 11.6 Å². The number of benzene rings is 1. The molecule has 136 valence electrons. The van der Waals surface area contributed by atoms with Crippen LogP contribution in [-0.2, 0) is 0 Å². The van der Waals surface area contributed by atoms with E-state index < -0.39 is 11.8 Å². The van der Waals surface area contributed by atoms with Crippen molar-refractivity contribution in [2.24, 2.45) is 5.92 Å². The predicted molar refractivity (Wildman–Crippen MR) is 101 cm³/mol. The highest BCUT2D eigenvalue weighted by molar-refractivity contribution is 6.30. The first-order chi connectivity index (χ1) is 12.6. The Morgan fingerprint density at radius 3 is 2.42 bits per heavy atom. The maximum atomic E-state index is 13.3. The van der Waals surface area contributed by atoms with Crippen molar-refractivity contribution in [2.45, 2.75) is 51.4 Å². The largest absolute Gasteiger partial charge is 0.250 e. The van der Waals surface area contributed by atoms with Gasteiger partial charge in [0, 0.05) is 5.56 Å². The molecular formula is C22H22ClF2N. The second kappa shape index (κ2) is 8.64. The zero-order valence-electron chi connectivity index (χ0n) is 14.9. The maximum absolute atomic E-state index is 13.3. The van der Waals surface area contributed by atoms with Gasteiger partial charge in [-0.25, -0.2) is 9.37 Å². The summed E-state index contributed by atoms with van der Waals surface area (Å²) in [5, 5.41) is -0.128. The second-order valence-corrected chi connectivity index (χ2v) is 7.34. The van der Waals surface area contributed by atoms with Crippen molar-refractivity contribution in [2.75, 3.05) is 0 Å². The van der Waals surface area contributed by atoms with Crippen LogP contribution in [0.3, 0.4) is 0 Å². The van der Waals surface area contributed by atoms with Crippen molar-refractivity contribution in [3.05, 3.63) is 63.9 Å². The molecule has 1 nitrogen and oxygen atoms in total. The topological polar surface area (TPSA) is 12.9 Å². The molecular weight excluding hydrogens is 352 g/mol. The first kappa shape index (κ1) is 18.9. The normalized spacial score (nSPS) is 19.7. The summed E-state index contributed by atoms with van der Waals surface area (Å²) in [6.07, 6.45) is 7.78. The third kappa shape index (κ3) is 4.62. The lowest BCUT2D eigenvalue weighted by molar-refractivity contribution is 0.308. The molecule has 2 aromatic rings. The number of nitrogens with zero attached hydrogens (tertiary/aromatic N) is 1. The molecule has 3 rings (SSSR count). The first-order valence-corrected chi connectivity index (χ1v) is 9.58. The second-order valence-electron chi connectivity index (χ2n) is 6.98. The molecule has 1 heterocycles. The van der Waals surface area contributed by atoms with E-state index in [9.17, 15) is 8.78 Å². The van der Waals surface area contributed by atoms with Gasteiger partial charge < -0.3 is 0 Å². The lowest BCUT2D eigenvalue weighted by atomic mass is 9.77. The molecule has 0 N–H and O–H groups in total. The van der Waals surface area contributed by atoms with E-state index in [4.69, 9.17) is 11.6 Å². The minimum absolute atomic E-state index is 0.128. The average molecular weight is 374 g/mol. The van der Waals surface area contributed by atoms with Crippen molar-refractivity contribution >= 4 is 11.6 Å². The van der Waals surface area contributed by atoms with E-state index in [1.54, 1.807) is 0 Å². The summed E-state index contributed by atoms with van der Waals surface area (Å²) in [5.41, 5.74) is 2.36. The molecule has 0 radical (unpaired) electrons. The van der Waals surface area contributed by atoms with Gasteiger partial charge in [-0.3, -0.25) is 0 Å². The Hall–Kier alpha value is -1.92. The quantitative estimate of drug-likeness (QED) is 0.442. The molecule has 0 atom stereocenters. The monoisotopic (exact) mass is 373 g/mol. The number of aromatic nitrogens is 1. The van der Waals surface area contributed by atoms with Crippen molar-refractivity contribution in [1.29, 1.82) is 0 Å². The molecule has 0 unspecified atom stereocenters. The van der Waals surface area contributed by atoms with Gasteiger partial charge in [0.05, 0.1) is 5.56 Å². The standard InChI is InChI=1S/C22H22ClF2N/c1-2-3-15-4-9-17(10-5-15)18-11-6-16(7-12-18)8-13-19-14-20(24)22(25)26-21(19)23/h6-7,11-12,14-15,17H,2-5,9-10H2,1H3. The highest BCUT2D eigenvalue weighted by atomic mass is 35.5. The fourth-order valence-corrected chi connectivity index (χ4v) is 3.88. The van der Waals surface area contributed by atoms with E-state index in [2.05, 4.69) is 35.9 Å². The molecule has 1 aliphatic rings. The fraction of sp³-hybridized carbons (Fsp3) is 0.409. The lowest BCUT2D eigenvalue weighted by Crippen LogP contribution is -2.13. The Kier molecular flexibility index (Phi) is 6.27. The van der Waals surface area contributed by atoms with Crippen LogP contribution < -0.4 is 0 Å². The Balaban J connectivity index is 1.67. The molecule has 1 saturated carbocycles. The van der Waals surface area contributed by atoms with Crippen LogP contribution in [0.2, 0.25) is 5.15 Å². The third-order valence-corrected chi connectivity index (χ3v) is 5.44. The SMILES string of the molecule is CCCC1CCC(c2ccc(C#Cc3cc(F)c(F)nc3Cl)cc2)CC1. The number of hydrogen-bond acceptors (Lipinski definition) is 1. The summed E-state index contributed by atoms with van der Waals surface area (Å²) in [5.74, 6) is 4.98. The van der Waals surface area contributed by atoms with E-state index in [1.807, 2.05) is 12.1 Å². The van der Waals surface area contributed by atoms with Gasteiger partial charge in [0.1, 0.15) is 5.15 Å². The summed E-state index contributed by atoms with van der Waals surface area (Å²) in [4.78, 5) is 3.30. The molecule has 0 spiro atoms. The van der Waals surface area contributed by atoms with Crippen molar-refractivity contribution < 1.29 is 8.78 Å². The molecule has 0 bridgehead atoms. The Bertz CT molecular complexity index is 813. The lowest BCUT2D eigenvalue weighted by Gasteiger charge is -2.28. The predicted octanol–water partition coefficient (Wildman–Crippen LogP) is 6.49. The van der Waals surface area contributed by atoms with Gasteiger partial charge >= 0.3 is 0 Å². The third-order valence-electron chi connectivity index (χ3n) is 5.15. The summed E-state index contributed by atoms with van der Waals surface area (Å²) in [6, 6.07) is 9.17. The van der Waals surface area contributed by atoms with Crippen LogP contribution in [0.5, 0.6) is 0 Å². The molecule has 0 amide bonds. The Morgan fingerprint density at radius 1 is 1.08 bits per heavy atom. The summed E-state index contributed by atoms with van der Waals surface area (Å²) in [6.45, 7) is 2.26. The minimum atomic E-state index is -1.21. The highest BCUT2D eigenvalue weighted by Crippen LogP contribution is 2.37. The van der Waals surface area contributed by atoms with Gasteiger partial charge in [-0.05, 0) is 61.3 Å². The maximum Gasteiger partial charge on any atom is 0.250 e. The van der Waals surface area contributed by atoms with E-state index >= 15 is 0 Å².